The molecule has 1 N–H and O–H groups in total. The molecule has 2 heterocycles. The Bertz CT molecular complexity index is 812. The van der Waals surface area contributed by atoms with Crippen molar-refractivity contribution >= 4 is 23.6 Å². The van der Waals surface area contributed by atoms with Crippen molar-refractivity contribution in [2.45, 2.75) is 11.1 Å². The Morgan fingerprint density at radius 1 is 1.21 bits per heavy atom. The molecule has 1 unspecified atom stereocenters. The second-order valence-corrected chi connectivity index (χ2v) is 6.27. The van der Waals surface area contributed by atoms with Crippen molar-refractivity contribution in [2.24, 2.45) is 0 Å². The molecule has 1 atom stereocenters. The summed E-state index contributed by atoms with van der Waals surface area (Å²) in [6.07, 6.45) is 0.641. The fourth-order valence-electron chi connectivity index (χ4n) is 2.41. The first-order valence-electron chi connectivity index (χ1n) is 7.22. The van der Waals surface area contributed by atoms with Crippen molar-refractivity contribution in [3.63, 3.8) is 0 Å². The van der Waals surface area contributed by atoms with Gasteiger partial charge in [0.15, 0.2) is 0 Å². The van der Waals surface area contributed by atoms with Gasteiger partial charge in [0.2, 0.25) is 0 Å². The summed E-state index contributed by atoms with van der Waals surface area (Å²) in [7, 11) is 0. The molecule has 0 spiro atoms. The van der Waals surface area contributed by atoms with E-state index in [1.807, 2.05) is 6.07 Å². The molecule has 120 valence electrons. The van der Waals surface area contributed by atoms with Gasteiger partial charge in [-0.3, -0.25) is 14.5 Å². The van der Waals surface area contributed by atoms with Gasteiger partial charge in [-0.05, 0) is 24.3 Å². The lowest BCUT2D eigenvalue weighted by Gasteiger charge is -2.18. The minimum Gasteiger partial charge on any atom is -0.390 e. The summed E-state index contributed by atoms with van der Waals surface area (Å²) >= 11 is 1.27. The van der Waals surface area contributed by atoms with Crippen molar-refractivity contribution in [2.75, 3.05) is 12.3 Å². The number of hydrogen-bond acceptors (Lipinski definition) is 6. The van der Waals surface area contributed by atoms with E-state index >= 15 is 0 Å². The second kappa shape index (κ2) is 6.83. The molecule has 0 aliphatic carbocycles. The molecule has 6 nitrogen and oxygen atoms in total. The molecule has 0 fully saturated rings. The van der Waals surface area contributed by atoms with Gasteiger partial charge in [0.05, 0.1) is 40.4 Å². The molecule has 2 aromatic rings. The van der Waals surface area contributed by atoms with Crippen LogP contribution in [0, 0.1) is 11.3 Å². The smallest absolute Gasteiger partial charge is 0.261 e. The van der Waals surface area contributed by atoms with E-state index in [2.05, 4.69) is 4.98 Å². The lowest BCUT2D eigenvalue weighted by molar-refractivity contribution is 0.0567. The number of carbonyl (C=O) groups is 2. The molecule has 1 aromatic carbocycles. The van der Waals surface area contributed by atoms with Crippen molar-refractivity contribution in [3.8, 4) is 6.07 Å². The minimum atomic E-state index is -0.884. The number of carbonyl (C=O) groups excluding carboxylic acids is 2. The highest BCUT2D eigenvalue weighted by Gasteiger charge is 2.35. The third-order valence-electron chi connectivity index (χ3n) is 3.56. The van der Waals surface area contributed by atoms with E-state index < -0.39 is 6.10 Å². The van der Waals surface area contributed by atoms with Crippen LogP contribution in [0.2, 0.25) is 0 Å². The summed E-state index contributed by atoms with van der Waals surface area (Å²) in [6.45, 7) is -0.0721. The quantitative estimate of drug-likeness (QED) is 0.658. The zero-order valence-electron chi connectivity index (χ0n) is 12.5. The van der Waals surface area contributed by atoms with Crippen LogP contribution in [0.5, 0.6) is 0 Å². The average Bonchev–Trinajstić information content (AvgIpc) is 2.85. The van der Waals surface area contributed by atoms with Gasteiger partial charge in [-0.25, -0.2) is 4.98 Å². The van der Waals surface area contributed by atoms with E-state index in [1.165, 1.54) is 18.0 Å². The summed E-state index contributed by atoms with van der Waals surface area (Å²) in [5.74, 6) is -0.511. The number of amides is 2. The summed E-state index contributed by atoms with van der Waals surface area (Å²) in [5, 5.41) is 19.6. The van der Waals surface area contributed by atoms with Gasteiger partial charge in [0.1, 0.15) is 0 Å². The maximum absolute atomic E-state index is 12.2. The van der Waals surface area contributed by atoms with Gasteiger partial charge in [0.25, 0.3) is 11.8 Å². The molecule has 1 aromatic heterocycles. The Morgan fingerprint density at radius 3 is 2.50 bits per heavy atom. The molecule has 7 heteroatoms. The van der Waals surface area contributed by atoms with Crippen LogP contribution >= 0.6 is 11.8 Å². The zero-order chi connectivity index (χ0) is 17.1. The standard InChI is InChI=1S/C17H13N3O3S/c18-8-11-5-6-19-15(7-11)24-10-12(21)9-20-16(22)13-3-1-2-4-14(13)17(20)23/h1-7,12,21H,9-10H2. The number of imide groups is 1. The van der Waals surface area contributed by atoms with Gasteiger partial charge in [-0.2, -0.15) is 5.26 Å². The summed E-state index contributed by atoms with van der Waals surface area (Å²) in [4.78, 5) is 29.6. The number of aliphatic hydroxyl groups excluding tert-OH is 1. The molecule has 2 amide bonds. The largest absolute Gasteiger partial charge is 0.390 e. The Morgan fingerprint density at radius 2 is 1.88 bits per heavy atom. The Labute approximate surface area is 142 Å². The number of β-amino-alcohol motifs (C(OH)–C–C–N with tert-alkyl or cyclic N) is 1. The van der Waals surface area contributed by atoms with Crippen molar-refractivity contribution < 1.29 is 14.7 Å². The van der Waals surface area contributed by atoms with Crippen LogP contribution in [0.1, 0.15) is 26.3 Å². The van der Waals surface area contributed by atoms with E-state index in [0.29, 0.717) is 21.7 Å². The molecule has 0 saturated heterocycles. The van der Waals surface area contributed by atoms with Crippen LogP contribution in [0.25, 0.3) is 0 Å². The third kappa shape index (κ3) is 3.15. The highest BCUT2D eigenvalue weighted by Crippen LogP contribution is 2.23. The van der Waals surface area contributed by atoms with Gasteiger partial charge < -0.3 is 5.11 Å². The van der Waals surface area contributed by atoms with Crippen molar-refractivity contribution in [1.82, 2.24) is 9.88 Å². The molecule has 3 rings (SSSR count). The van der Waals surface area contributed by atoms with E-state index in [-0.39, 0.29) is 24.1 Å². The minimum absolute atomic E-state index is 0.0721. The molecule has 24 heavy (non-hydrogen) atoms. The van der Waals surface area contributed by atoms with Crippen LogP contribution in [0.3, 0.4) is 0 Å². The summed E-state index contributed by atoms with van der Waals surface area (Å²) in [5.41, 5.74) is 1.22. The fraction of sp³-hybridized carbons (Fsp3) is 0.176. The summed E-state index contributed by atoms with van der Waals surface area (Å²) < 4.78 is 0. The van der Waals surface area contributed by atoms with E-state index in [0.717, 1.165) is 4.90 Å². The number of nitriles is 1. The molecule has 1 aliphatic rings. The molecular weight excluding hydrogens is 326 g/mol. The number of fused-ring (bicyclic) bond motifs is 1. The highest BCUT2D eigenvalue weighted by molar-refractivity contribution is 7.99. The zero-order valence-corrected chi connectivity index (χ0v) is 13.4. The number of aromatic nitrogens is 1. The van der Waals surface area contributed by atoms with Crippen LogP contribution < -0.4 is 0 Å². The number of pyridine rings is 1. The number of hydrogen-bond donors (Lipinski definition) is 1. The van der Waals surface area contributed by atoms with Crippen LogP contribution in [0.4, 0.5) is 0 Å². The van der Waals surface area contributed by atoms with Crippen LogP contribution in [-0.4, -0.2) is 45.2 Å². The van der Waals surface area contributed by atoms with Gasteiger partial charge >= 0.3 is 0 Å². The SMILES string of the molecule is N#Cc1ccnc(SCC(O)CN2C(=O)c3ccccc3C2=O)c1. The number of nitrogens with zero attached hydrogens (tertiary/aromatic N) is 3. The van der Waals surface area contributed by atoms with E-state index in [4.69, 9.17) is 5.26 Å². The lowest BCUT2D eigenvalue weighted by Crippen LogP contribution is -2.37. The van der Waals surface area contributed by atoms with Crippen molar-refractivity contribution in [1.29, 1.82) is 5.26 Å². The van der Waals surface area contributed by atoms with Crippen molar-refractivity contribution in [3.05, 3.63) is 59.3 Å². The molecule has 0 saturated carbocycles. The first kappa shape index (κ1) is 16.2. The first-order valence-corrected chi connectivity index (χ1v) is 8.21. The predicted molar refractivity (Wildman–Crippen MR) is 87.5 cm³/mol. The number of benzene rings is 1. The molecular formula is C17H13N3O3S. The van der Waals surface area contributed by atoms with Gasteiger partial charge in [0, 0.05) is 11.9 Å². The van der Waals surface area contributed by atoms with E-state index in [9.17, 15) is 14.7 Å². The highest BCUT2D eigenvalue weighted by atomic mass is 32.2. The van der Waals surface area contributed by atoms with Gasteiger partial charge in [-0.1, -0.05) is 12.1 Å². The number of aliphatic hydroxyl groups is 1. The first-order chi connectivity index (χ1) is 11.6. The maximum atomic E-state index is 12.2. The Balaban J connectivity index is 1.62. The second-order valence-electron chi connectivity index (χ2n) is 5.23. The number of thioether (sulfide) groups is 1. The molecule has 0 radical (unpaired) electrons. The van der Waals surface area contributed by atoms with E-state index in [1.54, 1.807) is 36.4 Å². The third-order valence-corrected chi connectivity index (χ3v) is 4.63. The molecule has 1 aliphatic heterocycles. The monoisotopic (exact) mass is 339 g/mol. The number of rotatable bonds is 5. The fourth-order valence-corrected chi connectivity index (χ4v) is 3.22. The Hall–Kier alpha value is -2.69. The molecule has 0 bridgehead atoms. The topological polar surface area (TPSA) is 94.3 Å². The van der Waals surface area contributed by atoms with Crippen LogP contribution in [-0.2, 0) is 0 Å². The van der Waals surface area contributed by atoms with Gasteiger partial charge in [-0.15, -0.1) is 11.8 Å². The van der Waals surface area contributed by atoms with Crippen LogP contribution in [0.15, 0.2) is 47.6 Å². The average molecular weight is 339 g/mol. The maximum Gasteiger partial charge on any atom is 0.261 e. The predicted octanol–water partition coefficient (Wildman–Crippen LogP) is 1.70. The summed E-state index contributed by atoms with van der Waals surface area (Å²) in [6, 6.07) is 11.9. The normalized spacial score (nSPS) is 14.4. The Kier molecular flexibility index (Phi) is 4.60. The lowest BCUT2D eigenvalue weighted by atomic mass is 10.1.